The molecule has 2 aromatic rings. The fourth-order valence-electron chi connectivity index (χ4n) is 2.66. The van der Waals surface area contributed by atoms with E-state index < -0.39 is 10.0 Å². The van der Waals surface area contributed by atoms with Crippen molar-refractivity contribution in [2.75, 3.05) is 24.2 Å². The largest absolute Gasteiger partial charge is 0.486 e. The molecule has 0 saturated heterocycles. The van der Waals surface area contributed by atoms with Gasteiger partial charge < -0.3 is 14.8 Å². The van der Waals surface area contributed by atoms with Crippen LogP contribution in [0.5, 0.6) is 11.5 Å². The number of ether oxygens (including phenoxy) is 2. The van der Waals surface area contributed by atoms with Gasteiger partial charge in [-0.25, -0.2) is 8.42 Å². The predicted octanol–water partition coefficient (Wildman–Crippen LogP) is 2.97. The molecule has 0 spiro atoms. The zero-order valence-corrected chi connectivity index (χ0v) is 16.4. The van der Waals surface area contributed by atoms with Gasteiger partial charge in [-0.15, -0.1) is 0 Å². The number of carbonyl (C=O) groups excluding carboxylic acids is 1. The molecule has 0 aliphatic carbocycles. The Balaban J connectivity index is 1.73. The Bertz CT molecular complexity index is 978. The second-order valence-corrected chi connectivity index (χ2v) is 8.32. The van der Waals surface area contributed by atoms with E-state index in [4.69, 9.17) is 21.1 Å². The van der Waals surface area contributed by atoms with E-state index in [-0.39, 0.29) is 22.5 Å². The van der Waals surface area contributed by atoms with E-state index in [9.17, 15) is 13.2 Å². The van der Waals surface area contributed by atoms with Crippen LogP contribution in [0.2, 0.25) is 5.02 Å². The number of benzene rings is 2. The minimum absolute atomic E-state index is 0.149. The zero-order valence-electron chi connectivity index (χ0n) is 14.8. The summed E-state index contributed by atoms with van der Waals surface area (Å²) >= 11 is 6.15. The summed E-state index contributed by atoms with van der Waals surface area (Å²) in [6, 6.07) is 9.56. The van der Waals surface area contributed by atoms with E-state index >= 15 is 0 Å². The average molecular weight is 411 g/mol. The van der Waals surface area contributed by atoms with Crippen LogP contribution in [0.4, 0.5) is 5.69 Å². The van der Waals surface area contributed by atoms with Crippen molar-refractivity contribution in [1.82, 2.24) is 5.32 Å². The summed E-state index contributed by atoms with van der Waals surface area (Å²) in [5.41, 5.74) is 1.40. The number of amides is 1. The number of anilines is 1. The highest BCUT2D eigenvalue weighted by Crippen LogP contribution is 2.32. The van der Waals surface area contributed by atoms with E-state index in [2.05, 4.69) is 10.0 Å². The molecule has 0 saturated carbocycles. The van der Waals surface area contributed by atoms with Crippen LogP contribution in [0.3, 0.4) is 0 Å². The van der Waals surface area contributed by atoms with E-state index in [0.717, 1.165) is 11.8 Å². The van der Waals surface area contributed by atoms with E-state index in [1.807, 2.05) is 25.1 Å². The Labute approximate surface area is 162 Å². The molecule has 2 N–H and O–H groups in total. The maximum absolute atomic E-state index is 12.5. The Kier molecular flexibility index (Phi) is 5.48. The number of nitrogens with one attached hydrogen (secondary N) is 2. The van der Waals surface area contributed by atoms with Crippen LogP contribution in [0, 0.1) is 0 Å². The van der Waals surface area contributed by atoms with Crippen molar-refractivity contribution in [3.63, 3.8) is 0 Å². The minimum atomic E-state index is -3.42. The third-order valence-corrected chi connectivity index (χ3v) is 4.85. The van der Waals surface area contributed by atoms with Crippen molar-refractivity contribution in [2.45, 2.75) is 13.0 Å². The molecule has 2 aromatic carbocycles. The van der Waals surface area contributed by atoms with Gasteiger partial charge in [-0.05, 0) is 42.8 Å². The van der Waals surface area contributed by atoms with Gasteiger partial charge in [-0.1, -0.05) is 17.7 Å². The third kappa shape index (κ3) is 4.84. The SMILES string of the molecule is CC(NC(=O)c1ccc(NS(C)(=O)=O)cc1Cl)c1ccc2c(c1)OCCO2. The van der Waals surface area contributed by atoms with Crippen LogP contribution < -0.4 is 19.5 Å². The Hall–Kier alpha value is -2.45. The molecule has 0 aromatic heterocycles. The molecule has 9 heteroatoms. The van der Waals surface area contributed by atoms with E-state index in [0.29, 0.717) is 30.4 Å². The van der Waals surface area contributed by atoms with E-state index in [1.54, 1.807) is 0 Å². The number of sulfonamides is 1. The highest BCUT2D eigenvalue weighted by atomic mass is 35.5. The first-order valence-corrected chi connectivity index (χ1v) is 10.5. The molecule has 7 nitrogen and oxygen atoms in total. The maximum Gasteiger partial charge on any atom is 0.253 e. The van der Waals surface area contributed by atoms with Crippen molar-refractivity contribution in [1.29, 1.82) is 0 Å². The normalized spacial score (nSPS) is 14.3. The van der Waals surface area contributed by atoms with E-state index in [1.165, 1.54) is 18.2 Å². The lowest BCUT2D eigenvalue weighted by atomic mass is 10.1. The lowest BCUT2D eigenvalue weighted by Crippen LogP contribution is -2.27. The lowest BCUT2D eigenvalue weighted by molar-refractivity contribution is 0.0940. The fraction of sp³-hybridized carbons (Fsp3) is 0.278. The molecule has 144 valence electrons. The zero-order chi connectivity index (χ0) is 19.6. The summed E-state index contributed by atoms with van der Waals surface area (Å²) in [4.78, 5) is 12.5. The van der Waals surface area contributed by atoms with Crippen molar-refractivity contribution in [3.05, 3.63) is 52.5 Å². The quantitative estimate of drug-likeness (QED) is 0.790. The molecule has 1 amide bonds. The number of fused-ring (bicyclic) bond motifs is 1. The first-order chi connectivity index (χ1) is 12.7. The van der Waals surface area contributed by atoms with Crippen molar-refractivity contribution >= 4 is 33.2 Å². The van der Waals surface area contributed by atoms with Gasteiger partial charge >= 0.3 is 0 Å². The molecular weight excluding hydrogens is 392 g/mol. The van der Waals surface area contributed by atoms with Gasteiger partial charge in [-0.2, -0.15) is 0 Å². The summed E-state index contributed by atoms with van der Waals surface area (Å²) in [5.74, 6) is 0.961. The number of rotatable bonds is 5. The summed E-state index contributed by atoms with van der Waals surface area (Å²) in [7, 11) is -3.42. The molecule has 3 rings (SSSR count). The fourth-order valence-corrected chi connectivity index (χ4v) is 3.49. The summed E-state index contributed by atoms with van der Waals surface area (Å²) < 4.78 is 35.9. The van der Waals surface area contributed by atoms with Gasteiger partial charge in [0, 0.05) is 5.69 Å². The summed E-state index contributed by atoms with van der Waals surface area (Å²) in [5, 5.41) is 3.02. The van der Waals surface area contributed by atoms with Crippen molar-refractivity contribution < 1.29 is 22.7 Å². The van der Waals surface area contributed by atoms with Crippen LogP contribution in [0.15, 0.2) is 36.4 Å². The number of hydrogen-bond donors (Lipinski definition) is 2. The Morgan fingerprint density at radius 3 is 2.48 bits per heavy atom. The topological polar surface area (TPSA) is 93.7 Å². The first-order valence-electron chi connectivity index (χ1n) is 8.21. The number of hydrogen-bond acceptors (Lipinski definition) is 5. The highest BCUT2D eigenvalue weighted by Gasteiger charge is 2.18. The van der Waals surface area contributed by atoms with Crippen molar-refractivity contribution in [3.8, 4) is 11.5 Å². The molecule has 1 aliphatic rings. The lowest BCUT2D eigenvalue weighted by Gasteiger charge is -2.21. The van der Waals surface area contributed by atoms with Crippen LogP contribution in [-0.2, 0) is 10.0 Å². The second kappa shape index (κ2) is 7.66. The molecule has 1 atom stereocenters. The van der Waals surface area contributed by atoms with Gasteiger partial charge in [0.05, 0.1) is 22.9 Å². The molecule has 0 fully saturated rings. The number of halogens is 1. The molecule has 1 heterocycles. The van der Waals surface area contributed by atoms with Crippen LogP contribution in [-0.4, -0.2) is 33.8 Å². The standard InChI is InChI=1S/C18H19ClN2O5S/c1-11(12-3-6-16-17(9-12)26-8-7-25-16)20-18(22)14-5-4-13(10-15(14)19)21-27(2,23)24/h3-6,9-11,21H,7-8H2,1-2H3,(H,20,22). The molecule has 0 radical (unpaired) electrons. The van der Waals surface area contributed by atoms with Crippen molar-refractivity contribution in [2.24, 2.45) is 0 Å². The van der Waals surface area contributed by atoms with Crippen LogP contribution >= 0.6 is 11.6 Å². The minimum Gasteiger partial charge on any atom is -0.486 e. The third-order valence-electron chi connectivity index (χ3n) is 3.93. The summed E-state index contributed by atoms with van der Waals surface area (Å²) in [6.07, 6.45) is 1.04. The van der Waals surface area contributed by atoms with Crippen LogP contribution in [0.25, 0.3) is 0 Å². The van der Waals surface area contributed by atoms with Gasteiger partial charge in [0.1, 0.15) is 13.2 Å². The smallest absolute Gasteiger partial charge is 0.253 e. The number of carbonyl (C=O) groups is 1. The van der Waals surface area contributed by atoms with Gasteiger partial charge in [-0.3, -0.25) is 9.52 Å². The second-order valence-electron chi connectivity index (χ2n) is 6.17. The molecule has 0 bridgehead atoms. The molecular formula is C18H19ClN2O5S. The van der Waals surface area contributed by atoms with Gasteiger partial charge in [0.15, 0.2) is 11.5 Å². The van der Waals surface area contributed by atoms with Gasteiger partial charge in [0.25, 0.3) is 5.91 Å². The highest BCUT2D eigenvalue weighted by molar-refractivity contribution is 7.92. The Morgan fingerprint density at radius 2 is 1.81 bits per heavy atom. The van der Waals surface area contributed by atoms with Crippen LogP contribution in [0.1, 0.15) is 28.9 Å². The molecule has 1 unspecified atom stereocenters. The predicted molar refractivity (Wildman–Crippen MR) is 103 cm³/mol. The monoisotopic (exact) mass is 410 g/mol. The maximum atomic E-state index is 12.5. The molecule has 1 aliphatic heterocycles. The first kappa shape index (κ1) is 19.3. The van der Waals surface area contributed by atoms with Gasteiger partial charge in [0.2, 0.25) is 10.0 Å². The average Bonchev–Trinajstić information content (AvgIpc) is 2.59. The Morgan fingerprint density at radius 1 is 1.11 bits per heavy atom. The molecule has 27 heavy (non-hydrogen) atoms. The summed E-state index contributed by atoms with van der Waals surface area (Å²) in [6.45, 7) is 2.85.